The van der Waals surface area contributed by atoms with Gasteiger partial charge in [0.2, 0.25) is 10.0 Å². The summed E-state index contributed by atoms with van der Waals surface area (Å²) in [6.07, 6.45) is 1.44. The molecule has 1 amide bonds. The van der Waals surface area contributed by atoms with Gasteiger partial charge in [0.1, 0.15) is 12.4 Å². The summed E-state index contributed by atoms with van der Waals surface area (Å²) < 4.78 is 36.4. The summed E-state index contributed by atoms with van der Waals surface area (Å²) in [5, 5.41) is 2.72. The Labute approximate surface area is 163 Å². The van der Waals surface area contributed by atoms with Crippen LogP contribution in [0.25, 0.3) is 0 Å². The van der Waals surface area contributed by atoms with Gasteiger partial charge in [-0.2, -0.15) is 0 Å². The average molecular weight is 400 g/mol. The van der Waals surface area contributed by atoms with Crippen LogP contribution in [0.1, 0.15) is 16.1 Å². The zero-order valence-corrected chi connectivity index (χ0v) is 16.3. The molecule has 0 atom stereocenters. The molecule has 0 aliphatic rings. The van der Waals surface area contributed by atoms with Crippen molar-refractivity contribution in [2.24, 2.45) is 0 Å². The first-order chi connectivity index (χ1) is 13.4. The van der Waals surface area contributed by atoms with Gasteiger partial charge in [0.25, 0.3) is 5.91 Å². The third-order valence-electron chi connectivity index (χ3n) is 3.94. The largest absolute Gasteiger partial charge is 0.489 e. The number of nitrogens with zero attached hydrogens (tertiary/aromatic N) is 1. The first kappa shape index (κ1) is 19.7. The Balaban J connectivity index is 1.62. The molecule has 146 valence electrons. The van der Waals surface area contributed by atoms with Crippen molar-refractivity contribution in [3.63, 3.8) is 0 Å². The van der Waals surface area contributed by atoms with Crippen LogP contribution in [-0.2, 0) is 16.6 Å². The number of anilines is 1. The van der Waals surface area contributed by atoms with E-state index in [1.54, 1.807) is 60.7 Å². The Morgan fingerprint density at radius 2 is 1.82 bits per heavy atom. The van der Waals surface area contributed by atoms with E-state index in [9.17, 15) is 13.2 Å². The van der Waals surface area contributed by atoms with Crippen LogP contribution in [-0.4, -0.2) is 32.7 Å². The first-order valence-electron chi connectivity index (χ1n) is 8.45. The number of furan rings is 1. The summed E-state index contributed by atoms with van der Waals surface area (Å²) in [5.74, 6) is 0.488. The van der Waals surface area contributed by atoms with Gasteiger partial charge in [-0.25, -0.2) is 12.7 Å². The van der Waals surface area contributed by atoms with E-state index in [1.807, 2.05) is 0 Å². The highest BCUT2D eigenvalue weighted by molar-refractivity contribution is 7.89. The fourth-order valence-corrected chi connectivity index (χ4v) is 3.38. The van der Waals surface area contributed by atoms with Crippen molar-refractivity contribution in [2.45, 2.75) is 11.5 Å². The third-order valence-corrected chi connectivity index (χ3v) is 5.75. The molecule has 0 fully saturated rings. The summed E-state index contributed by atoms with van der Waals surface area (Å²) in [4.78, 5) is 12.2. The van der Waals surface area contributed by atoms with Crippen molar-refractivity contribution in [1.82, 2.24) is 4.31 Å². The van der Waals surface area contributed by atoms with Crippen molar-refractivity contribution in [1.29, 1.82) is 0 Å². The van der Waals surface area contributed by atoms with Crippen molar-refractivity contribution in [2.75, 3.05) is 19.4 Å². The molecule has 2 aromatic carbocycles. The molecule has 0 unspecified atom stereocenters. The summed E-state index contributed by atoms with van der Waals surface area (Å²) in [7, 11) is -0.507. The number of benzene rings is 2. The van der Waals surface area contributed by atoms with Crippen LogP contribution < -0.4 is 10.1 Å². The third kappa shape index (κ3) is 4.59. The zero-order valence-electron chi connectivity index (χ0n) is 15.5. The number of sulfonamides is 1. The number of carbonyl (C=O) groups is 1. The predicted molar refractivity (Wildman–Crippen MR) is 105 cm³/mol. The zero-order chi connectivity index (χ0) is 20.1. The summed E-state index contributed by atoms with van der Waals surface area (Å²) >= 11 is 0. The number of carbonyl (C=O) groups excluding carboxylic acids is 1. The van der Waals surface area contributed by atoms with Gasteiger partial charge in [0.15, 0.2) is 5.76 Å². The average Bonchev–Trinajstić information content (AvgIpc) is 3.22. The molecule has 0 aliphatic carbocycles. The van der Waals surface area contributed by atoms with Gasteiger partial charge >= 0.3 is 0 Å². The lowest BCUT2D eigenvalue weighted by molar-refractivity contribution is 0.0996. The van der Waals surface area contributed by atoms with Gasteiger partial charge in [-0.3, -0.25) is 4.79 Å². The van der Waals surface area contributed by atoms with Gasteiger partial charge in [-0.05, 0) is 54.1 Å². The van der Waals surface area contributed by atoms with E-state index in [0.717, 1.165) is 5.56 Å². The number of rotatable bonds is 7. The van der Waals surface area contributed by atoms with Gasteiger partial charge in [-0.1, -0.05) is 12.1 Å². The predicted octanol–water partition coefficient (Wildman–Crippen LogP) is 3.36. The number of nitrogens with one attached hydrogen (secondary N) is 1. The van der Waals surface area contributed by atoms with Crippen LogP contribution in [0, 0.1) is 0 Å². The summed E-state index contributed by atoms with van der Waals surface area (Å²) in [6.45, 7) is 0.217. The number of hydrogen-bond acceptors (Lipinski definition) is 5. The highest BCUT2D eigenvalue weighted by Crippen LogP contribution is 2.19. The van der Waals surface area contributed by atoms with Crippen molar-refractivity contribution >= 4 is 21.6 Å². The molecule has 0 spiro atoms. The van der Waals surface area contributed by atoms with Crippen LogP contribution in [0.2, 0.25) is 0 Å². The molecule has 0 aliphatic heterocycles. The molecule has 3 aromatic rings. The first-order valence-corrected chi connectivity index (χ1v) is 9.89. The molecule has 0 saturated carbocycles. The Bertz CT molecular complexity index is 1040. The maximum absolute atomic E-state index is 12.2. The van der Waals surface area contributed by atoms with E-state index < -0.39 is 10.0 Å². The van der Waals surface area contributed by atoms with E-state index in [-0.39, 0.29) is 23.2 Å². The molecule has 0 saturated heterocycles. The minimum atomic E-state index is -3.49. The lowest BCUT2D eigenvalue weighted by Crippen LogP contribution is -2.22. The highest BCUT2D eigenvalue weighted by atomic mass is 32.2. The van der Waals surface area contributed by atoms with Gasteiger partial charge < -0.3 is 14.5 Å². The minimum absolute atomic E-state index is 0.217. The fraction of sp³-hybridized carbons (Fsp3) is 0.150. The Hall–Kier alpha value is -3.10. The molecular weight excluding hydrogens is 380 g/mol. The normalized spacial score (nSPS) is 11.4. The fourth-order valence-electron chi connectivity index (χ4n) is 2.41. The van der Waals surface area contributed by atoms with E-state index in [0.29, 0.717) is 11.4 Å². The lowest BCUT2D eigenvalue weighted by Gasteiger charge is -2.13. The standard InChI is InChI=1S/C20H20N2O5S/c1-22(2)28(24,25)18-6-3-5-15(13-18)14-27-17-10-8-16(9-11-17)21-20(23)19-7-4-12-26-19/h3-13H,14H2,1-2H3,(H,21,23). The summed E-state index contributed by atoms with van der Waals surface area (Å²) in [6, 6.07) is 16.7. The summed E-state index contributed by atoms with van der Waals surface area (Å²) in [5.41, 5.74) is 1.34. The van der Waals surface area contributed by atoms with Crippen LogP contribution in [0.5, 0.6) is 5.75 Å². The van der Waals surface area contributed by atoms with Gasteiger partial charge in [0, 0.05) is 19.8 Å². The monoisotopic (exact) mass is 400 g/mol. The molecule has 1 aromatic heterocycles. The van der Waals surface area contributed by atoms with Crippen LogP contribution in [0.15, 0.2) is 76.2 Å². The number of amides is 1. The van der Waals surface area contributed by atoms with Crippen molar-refractivity contribution < 1.29 is 22.4 Å². The molecule has 28 heavy (non-hydrogen) atoms. The molecule has 3 rings (SSSR count). The smallest absolute Gasteiger partial charge is 0.291 e. The van der Waals surface area contributed by atoms with Gasteiger partial charge in [0.05, 0.1) is 11.2 Å². The molecule has 1 N–H and O–H groups in total. The maximum Gasteiger partial charge on any atom is 0.291 e. The second-order valence-corrected chi connectivity index (χ2v) is 8.33. The van der Waals surface area contributed by atoms with Crippen molar-refractivity contribution in [3.05, 3.63) is 78.3 Å². The van der Waals surface area contributed by atoms with Crippen LogP contribution in [0.3, 0.4) is 0 Å². The van der Waals surface area contributed by atoms with Crippen molar-refractivity contribution in [3.8, 4) is 5.75 Å². The molecule has 1 heterocycles. The SMILES string of the molecule is CN(C)S(=O)(=O)c1cccc(COc2ccc(NC(=O)c3ccco3)cc2)c1. The minimum Gasteiger partial charge on any atom is -0.489 e. The molecular formula is C20H20N2O5S. The van der Waals surface area contributed by atoms with E-state index in [1.165, 1.54) is 24.7 Å². The Kier molecular flexibility index (Phi) is 5.81. The van der Waals surface area contributed by atoms with E-state index >= 15 is 0 Å². The molecule has 0 radical (unpaired) electrons. The number of hydrogen-bond donors (Lipinski definition) is 1. The van der Waals surface area contributed by atoms with Crippen LogP contribution in [0.4, 0.5) is 5.69 Å². The molecule has 7 nitrogen and oxygen atoms in total. The van der Waals surface area contributed by atoms with Crippen LogP contribution >= 0.6 is 0 Å². The second-order valence-electron chi connectivity index (χ2n) is 6.18. The van der Waals surface area contributed by atoms with Gasteiger partial charge in [-0.15, -0.1) is 0 Å². The highest BCUT2D eigenvalue weighted by Gasteiger charge is 2.17. The topological polar surface area (TPSA) is 88.9 Å². The quantitative estimate of drug-likeness (QED) is 0.657. The lowest BCUT2D eigenvalue weighted by atomic mass is 10.2. The molecule has 0 bridgehead atoms. The van der Waals surface area contributed by atoms with E-state index in [4.69, 9.17) is 9.15 Å². The second kappa shape index (κ2) is 8.28. The molecule has 8 heteroatoms. The Morgan fingerprint density at radius 1 is 1.07 bits per heavy atom. The Morgan fingerprint density at radius 3 is 2.46 bits per heavy atom. The maximum atomic E-state index is 12.2. The van der Waals surface area contributed by atoms with E-state index in [2.05, 4.69) is 5.32 Å². The number of ether oxygens (including phenoxy) is 1.